The number of nitrogens with zero attached hydrogens (tertiary/aromatic N) is 1. The number of rotatable bonds is 9. The molecule has 2 N–H and O–H groups in total. The van der Waals surface area contributed by atoms with Gasteiger partial charge >= 0.3 is 5.97 Å². The van der Waals surface area contributed by atoms with Gasteiger partial charge in [0.2, 0.25) is 5.91 Å². The van der Waals surface area contributed by atoms with E-state index in [4.69, 9.17) is 5.11 Å². The zero-order valence-electron chi connectivity index (χ0n) is 11.9. The Labute approximate surface area is 110 Å². The minimum atomic E-state index is -0.898. The summed E-state index contributed by atoms with van der Waals surface area (Å²) in [5.74, 6) is -0.990. The van der Waals surface area contributed by atoms with Crippen LogP contribution in [-0.4, -0.2) is 47.1 Å². The van der Waals surface area contributed by atoms with E-state index >= 15 is 0 Å². The highest BCUT2D eigenvalue weighted by atomic mass is 16.4. The van der Waals surface area contributed by atoms with Crippen LogP contribution in [0.15, 0.2) is 0 Å². The van der Waals surface area contributed by atoms with Gasteiger partial charge in [-0.3, -0.25) is 14.5 Å². The van der Waals surface area contributed by atoms with E-state index in [9.17, 15) is 9.59 Å². The SMILES string of the molecule is CCCC(C)NC(=O)C(C)N(CCC)CC(=O)O. The minimum absolute atomic E-state index is 0.0920. The van der Waals surface area contributed by atoms with E-state index in [1.165, 1.54) is 0 Å². The number of hydrogen-bond donors (Lipinski definition) is 2. The molecule has 0 aliphatic heterocycles. The van der Waals surface area contributed by atoms with E-state index in [1.807, 2.05) is 13.8 Å². The number of carbonyl (C=O) groups is 2. The summed E-state index contributed by atoms with van der Waals surface area (Å²) in [6, 6.07) is -0.265. The predicted octanol–water partition coefficient (Wildman–Crippen LogP) is 1.48. The summed E-state index contributed by atoms with van der Waals surface area (Å²) in [6.45, 7) is 8.29. The Morgan fingerprint density at radius 3 is 2.28 bits per heavy atom. The van der Waals surface area contributed by atoms with Gasteiger partial charge in [0.15, 0.2) is 0 Å². The number of amides is 1. The molecule has 0 aromatic carbocycles. The monoisotopic (exact) mass is 258 g/mol. The lowest BCUT2D eigenvalue weighted by molar-refractivity contribution is -0.139. The molecule has 0 rings (SSSR count). The molecular weight excluding hydrogens is 232 g/mol. The molecule has 0 spiro atoms. The highest BCUT2D eigenvalue weighted by Crippen LogP contribution is 2.03. The van der Waals surface area contributed by atoms with Crippen molar-refractivity contribution in [3.63, 3.8) is 0 Å². The molecule has 0 bridgehead atoms. The fraction of sp³-hybridized carbons (Fsp3) is 0.846. The largest absolute Gasteiger partial charge is 0.480 e. The molecule has 0 aromatic rings. The molecule has 5 nitrogen and oxygen atoms in total. The number of aliphatic carboxylic acids is 1. The van der Waals surface area contributed by atoms with Crippen LogP contribution in [0.25, 0.3) is 0 Å². The summed E-state index contributed by atoms with van der Waals surface area (Å²) >= 11 is 0. The molecule has 0 fully saturated rings. The Kier molecular flexibility index (Phi) is 8.37. The first-order valence-electron chi connectivity index (χ1n) is 6.68. The molecule has 2 unspecified atom stereocenters. The summed E-state index contributed by atoms with van der Waals surface area (Å²) in [7, 11) is 0. The van der Waals surface area contributed by atoms with Crippen LogP contribution in [0.2, 0.25) is 0 Å². The van der Waals surface area contributed by atoms with Gasteiger partial charge in [0.25, 0.3) is 0 Å². The Bertz CT molecular complexity index is 269. The summed E-state index contributed by atoms with van der Waals surface area (Å²) < 4.78 is 0. The second-order valence-electron chi connectivity index (χ2n) is 4.74. The number of carboxylic acid groups (broad SMARTS) is 1. The average molecular weight is 258 g/mol. The summed E-state index contributed by atoms with van der Waals surface area (Å²) in [4.78, 5) is 24.4. The summed E-state index contributed by atoms with van der Waals surface area (Å²) in [5, 5.41) is 11.8. The van der Waals surface area contributed by atoms with Crippen LogP contribution >= 0.6 is 0 Å². The van der Waals surface area contributed by atoms with Gasteiger partial charge in [-0.15, -0.1) is 0 Å². The number of hydrogen-bond acceptors (Lipinski definition) is 3. The average Bonchev–Trinajstić information content (AvgIpc) is 2.27. The number of carboxylic acids is 1. The maximum absolute atomic E-state index is 12.0. The molecule has 5 heteroatoms. The van der Waals surface area contributed by atoms with E-state index in [0.29, 0.717) is 6.54 Å². The normalized spacial score (nSPS) is 14.3. The Morgan fingerprint density at radius 1 is 1.22 bits per heavy atom. The first kappa shape index (κ1) is 16.9. The van der Waals surface area contributed by atoms with Crippen molar-refractivity contribution in [2.24, 2.45) is 0 Å². The van der Waals surface area contributed by atoms with Gasteiger partial charge in [-0.05, 0) is 33.2 Å². The molecule has 0 aromatic heterocycles. The van der Waals surface area contributed by atoms with Gasteiger partial charge in [-0.1, -0.05) is 20.3 Å². The van der Waals surface area contributed by atoms with Gasteiger partial charge in [0.1, 0.15) is 0 Å². The first-order chi connectivity index (χ1) is 8.42. The second-order valence-corrected chi connectivity index (χ2v) is 4.74. The third kappa shape index (κ3) is 6.59. The first-order valence-corrected chi connectivity index (χ1v) is 6.68. The molecule has 0 aliphatic rings. The highest BCUT2D eigenvalue weighted by molar-refractivity contribution is 5.82. The lowest BCUT2D eigenvalue weighted by Gasteiger charge is -2.27. The van der Waals surface area contributed by atoms with Crippen LogP contribution in [0.5, 0.6) is 0 Å². The van der Waals surface area contributed by atoms with Crippen molar-refractivity contribution in [2.45, 2.75) is 59.0 Å². The van der Waals surface area contributed by atoms with Crippen molar-refractivity contribution in [1.29, 1.82) is 0 Å². The Balaban J connectivity index is 4.40. The molecule has 0 saturated carbocycles. The zero-order chi connectivity index (χ0) is 14.1. The summed E-state index contributed by atoms with van der Waals surface area (Å²) in [6.07, 6.45) is 2.78. The van der Waals surface area contributed by atoms with Gasteiger partial charge < -0.3 is 10.4 Å². The van der Waals surface area contributed by atoms with Crippen molar-refractivity contribution in [3.8, 4) is 0 Å². The highest BCUT2D eigenvalue weighted by Gasteiger charge is 2.23. The third-order valence-electron chi connectivity index (χ3n) is 2.89. The van der Waals surface area contributed by atoms with Gasteiger partial charge in [-0.2, -0.15) is 0 Å². The number of carbonyl (C=O) groups excluding carboxylic acids is 1. The van der Waals surface area contributed by atoms with Crippen LogP contribution in [-0.2, 0) is 9.59 Å². The predicted molar refractivity (Wildman–Crippen MR) is 71.5 cm³/mol. The van der Waals surface area contributed by atoms with Crippen molar-refractivity contribution >= 4 is 11.9 Å². The van der Waals surface area contributed by atoms with Crippen molar-refractivity contribution in [3.05, 3.63) is 0 Å². The zero-order valence-corrected chi connectivity index (χ0v) is 11.9. The molecule has 0 heterocycles. The van der Waals surface area contributed by atoms with E-state index in [2.05, 4.69) is 12.2 Å². The van der Waals surface area contributed by atoms with E-state index in [0.717, 1.165) is 19.3 Å². The standard InChI is InChI=1S/C13H26N2O3/c1-5-7-10(3)14-13(18)11(4)15(8-6-2)9-12(16)17/h10-11H,5-9H2,1-4H3,(H,14,18)(H,16,17). The smallest absolute Gasteiger partial charge is 0.317 e. The minimum Gasteiger partial charge on any atom is -0.480 e. The van der Waals surface area contributed by atoms with Crippen LogP contribution < -0.4 is 5.32 Å². The van der Waals surface area contributed by atoms with Crippen molar-refractivity contribution in [2.75, 3.05) is 13.1 Å². The molecule has 1 amide bonds. The molecule has 2 atom stereocenters. The van der Waals surface area contributed by atoms with Crippen LogP contribution in [0.1, 0.15) is 47.0 Å². The topological polar surface area (TPSA) is 69.6 Å². The van der Waals surface area contributed by atoms with Gasteiger partial charge in [0, 0.05) is 6.04 Å². The van der Waals surface area contributed by atoms with Crippen LogP contribution in [0.4, 0.5) is 0 Å². The van der Waals surface area contributed by atoms with Crippen LogP contribution in [0.3, 0.4) is 0 Å². The molecule has 0 radical (unpaired) electrons. The molecule has 106 valence electrons. The molecule has 0 saturated heterocycles. The maximum atomic E-state index is 12.0. The Morgan fingerprint density at radius 2 is 1.83 bits per heavy atom. The fourth-order valence-electron chi connectivity index (χ4n) is 1.91. The van der Waals surface area contributed by atoms with Gasteiger partial charge in [-0.25, -0.2) is 0 Å². The van der Waals surface area contributed by atoms with E-state index in [-0.39, 0.29) is 18.5 Å². The van der Waals surface area contributed by atoms with E-state index in [1.54, 1.807) is 11.8 Å². The van der Waals surface area contributed by atoms with Crippen molar-refractivity contribution < 1.29 is 14.7 Å². The molecular formula is C13H26N2O3. The second kappa shape index (κ2) is 8.91. The maximum Gasteiger partial charge on any atom is 0.317 e. The quantitative estimate of drug-likeness (QED) is 0.657. The Hall–Kier alpha value is -1.10. The molecule has 0 aliphatic carbocycles. The van der Waals surface area contributed by atoms with Gasteiger partial charge in [0.05, 0.1) is 12.6 Å². The van der Waals surface area contributed by atoms with E-state index < -0.39 is 12.0 Å². The van der Waals surface area contributed by atoms with Crippen LogP contribution in [0, 0.1) is 0 Å². The summed E-state index contributed by atoms with van der Waals surface area (Å²) in [5.41, 5.74) is 0. The van der Waals surface area contributed by atoms with Crippen molar-refractivity contribution in [1.82, 2.24) is 10.2 Å². The molecule has 18 heavy (non-hydrogen) atoms. The third-order valence-corrected chi connectivity index (χ3v) is 2.89. The lowest BCUT2D eigenvalue weighted by atomic mass is 10.1. The lowest BCUT2D eigenvalue weighted by Crippen LogP contribution is -2.49. The fourth-order valence-corrected chi connectivity index (χ4v) is 1.91. The number of nitrogens with one attached hydrogen (secondary N) is 1.